The van der Waals surface area contributed by atoms with Crippen molar-refractivity contribution in [1.82, 2.24) is 4.90 Å². The molecule has 1 amide bonds. The summed E-state index contributed by atoms with van der Waals surface area (Å²) in [5, 5.41) is 0. The molecule has 1 aliphatic heterocycles. The third kappa shape index (κ3) is 6.23. The predicted molar refractivity (Wildman–Crippen MR) is 124 cm³/mol. The normalized spacial score (nSPS) is 17.5. The van der Waals surface area contributed by atoms with Crippen molar-refractivity contribution in [2.45, 2.75) is 32.9 Å². The Balaban J connectivity index is 1.81. The van der Waals surface area contributed by atoms with Crippen LogP contribution in [0.5, 0.6) is 5.75 Å². The highest BCUT2D eigenvalue weighted by molar-refractivity contribution is 7.91. The number of benzene rings is 2. The minimum atomic E-state index is -3.11. The number of hydrogen-bond acceptors (Lipinski definition) is 5. The van der Waals surface area contributed by atoms with E-state index >= 15 is 0 Å². The molecule has 1 unspecified atom stereocenters. The lowest BCUT2D eigenvalue weighted by Crippen LogP contribution is -2.40. The van der Waals surface area contributed by atoms with Gasteiger partial charge in [0.2, 0.25) is 0 Å². The zero-order chi connectivity index (χ0) is 22.6. The van der Waals surface area contributed by atoms with Gasteiger partial charge in [-0.3, -0.25) is 4.79 Å². The van der Waals surface area contributed by atoms with Crippen molar-refractivity contribution < 1.29 is 17.9 Å². The first-order valence-electron chi connectivity index (χ1n) is 10.6. The number of ether oxygens (including phenoxy) is 1. The summed E-state index contributed by atoms with van der Waals surface area (Å²) < 4.78 is 29.9. The molecule has 2 aromatic rings. The molecule has 0 spiro atoms. The molecule has 1 aliphatic rings. The fourth-order valence-corrected chi connectivity index (χ4v) is 5.34. The monoisotopic (exact) mass is 444 g/mol. The molecule has 0 aliphatic carbocycles. The predicted octanol–water partition coefficient (Wildman–Crippen LogP) is 3.62. The standard InChI is InChI=1S/C24H32N2O4S/c1-18(2)16-30-23-11-7-20(8-12-23)24(27)26(22-13-14-31(28,29)17-22)15-19-5-9-21(10-6-19)25(3)4/h5-12,18,22H,13-17H2,1-4H3. The second kappa shape index (κ2) is 9.73. The summed E-state index contributed by atoms with van der Waals surface area (Å²) in [7, 11) is 0.841. The Morgan fingerprint density at radius 1 is 1.06 bits per heavy atom. The maximum Gasteiger partial charge on any atom is 0.254 e. The smallest absolute Gasteiger partial charge is 0.254 e. The van der Waals surface area contributed by atoms with E-state index in [2.05, 4.69) is 13.8 Å². The fourth-order valence-electron chi connectivity index (χ4n) is 3.61. The number of nitrogens with zero attached hydrogens (tertiary/aromatic N) is 2. The van der Waals surface area contributed by atoms with E-state index in [4.69, 9.17) is 4.74 Å². The molecule has 168 valence electrons. The van der Waals surface area contributed by atoms with E-state index in [0.717, 1.165) is 17.0 Å². The molecular weight excluding hydrogens is 412 g/mol. The third-order valence-corrected chi connectivity index (χ3v) is 7.15. The van der Waals surface area contributed by atoms with Crippen LogP contribution in [0, 0.1) is 5.92 Å². The maximum atomic E-state index is 13.4. The molecule has 1 saturated heterocycles. The van der Waals surface area contributed by atoms with Crippen LogP contribution in [-0.4, -0.2) is 57.5 Å². The minimum absolute atomic E-state index is 0.0180. The van der Waals surface area contributed by atoms with Gasteiger partial charge < -0.3 is 14.5 Å². The van der Waals surface area contributed by atoms with Crippen molar-refractivity contribution in [2.75, 3.05) is 37.1 Å². The molecule has 0 bridgehead atoms. The maximum absolute atomic E-state index is 13.4. The molecule has 31 heavy (non-hydrogen) atoms. The first-order chi connectivity index (χ1) is 14.6. The first-order valence-corrected chi connectivity index (χ1v) is 12.5. The van der Waals surface area contributed by atoms with Crippen LogP contribution in [0.1, 0.15) is 36.2 Å². The summed E-state index contributed by atoms with van der Waals surface area (Å²) in [5.74, 6) is 1.13. The van der Waals surface area contributed by atoms with Crippen LogP contribution in [-0.2, 0) is 16.4 Å². The van der Waals surface area contributed by atoms with E-state index < -0.39 is 9.84 Å². The zero-order valence-corrected chi connectivity index (χ0v) is 19.6. The number of amides is 1. The van der Waals surface area contributed by atoms with Gasteiger partial charge in [-0.1, -0.05) is 26.0 Å². The number of hydrogen-bond donors (Lipinski definition) is 0. The molecule has 1 atom stereocenters. The highest BCUT2D eigenvalue weighted by atomic mass is 32.2. The minimum Gasteiger partial charge on any atom is -0.493 e. The van der Waals surface area contributed by atoms with E-state index in [1.165, 1.54) is 0 Å². The summed E-state index contributed by atoms with van der Waals surface area (Å²) in [4.78, 5) is 17.1. The van der Waals surface area contributed by atoms with Crippen LogP contribution in [0.2, 0.25) is 0 Å². The van der Waals surface area contributed by atoms with Crippen molar-refractivity contribution in [2.24, 2.45) is 5.92 Å². The van der Waals surface area contributed by atoms with Gasteiger partial charge in [0.1, 0.15) is 5.75 Å². The van der Waals surface area contributed by atoms with E-state index in [1.807, 2.05) is 43.3 Å². The van der Waals surface area contributed by atoms with E-state index in [1.54, 1.807) is 29.2 Å². The van der Waals surface area contributed by atoms with Crippen molar-refractivity contribution >= 4 is 21.4 Å². The quantitative estimate of drug-likeness (QED) is 0.622. The lowest BCUT2D eigenvalue weighted by molar-refractivity contribution is 0.0681. The van der Waals surface area contributed by atoms with Gasteiger partial charge in [-0.05, 0) is 54.3 Å². The van der Waals surface area contributed by atoms with Crippen LogP contribution in [0.3, 0.4) is 0 Å². The molecule has 0 radical (unpaired) electrons. The largest absolute Gasteiger partial charge is 0.493 e. The topological polar surface area (TPSA) is 66.9 Å². The highest BCUT2D eigenvalue weighted by Gasteiger charge is 2.35. The molecular formula is C24H32N2O4S. The van der Waals surface area contributed by atoms with Crippen LogP contribution in [0.15, 0.2) is 48.5 Å². The average molecular weight is 445 g/mol. The van der Waals surface area contributed by atoms with Gasteiger partial charge in [0.15, 0.2) is 9.84 Å². The van der Waals surface area contributed by atoms with E-state index in [9.17, 15) is 13.2 Å². The lowest BCUT2D eigenvalue weighted by atomic mass is 10.1. The van der Waals surface area contributed by atoms with Crippen LogP contribution in [0.4, 0.5) is 5.69 Å². The number of sulfone groups is 1. The molecule has 6 nitrogen and oxygen atoms in total. The first kappa shape index (κ1) is 23.1. The van der Waals surface area contributed by atoms with Gasteiger partial charge >= 0.3 is 0 Å². The Hall–Kier alpha value is -2.54. The van der Waals surface area contributed by atoms with E-state index in [0.29, 0.717) is 31.1 Å². The van der Waals surface area contributed by atoms with Gasteiger partial charge in [0.25, 0.3) is 5.91 Å². The summed E-state index contributed by atoms with van der Waals surface area (Å²) in [5.41, 5.74) is 2.58. The molecule has 1 heterocycles. The van der Waals surface area contributed by atoms with Crippen LogP contribution < -0.4 is 9.64 Å². The van der Waals surface area contributed by atoms with Crippen LogP contribution >= 0.6 is 0 Å². The van der Waals surface area contributed by atoms with Crippen molar-refractivity contribution in [1.29, 1.82) is 0 Å². The summed E-state index contributed by atoms with van der Waals surface area (Å²) in [6.45, 7) is 5.15. The van der Waals surface area contributed by atoms with Crippen molar-refractivity contribution in [3.8, 4) is 5.75 Å². The Morgan fingerprint density at radius 3 is 2.23 bits per heavy atom. The van der Waals surface area contributed by atoms with Gasteiger partial charge in [-0.25, -0.2) is 8.42 Å². The van der Waals surface area contributed by atoms with Crippen LogP contribution in [0.25, 0.3) is 0 Å². The Kier molecular flexibility index (Phi) is 7.26. The molecule has 0 aromatic heterocycles. The molecule has 7 heteroatoms. The number of carbonyl (C=O) groups excluding carboxylic acids is 1. The molecule has 0 saturated carbocycles. The highest BCUT2D eigenvalue weighted by Crippen LogP contribution is 2.24. The second-order valence-corrected chi connectivity index (χ2v) is 11.0. The number of rotatable bonds is 8. The fraction of sp³-hybridized carbons (Fsp3) is 0.458. The molecule has 3 rings (SSSR count). The Labute approximate surface area is 185 Å². The third-order valence-electron chi connectivity index (χ3n) is 5.40. The lowest BCUT2D eigenvalue weighted by Gasteiger charge is -2.29. The number of carbonyl (C=O) groups is 1. The second-order valence-electron chi connectivity index (χ2n) is 8.78. The van der Waals surface area contributed by atoms with Crippen molar-refractivity contribution in [3.63, 3.8) is 0 Å². The average Bonchev–Trinajstić information content (AvgIpc) is 3.10. The SMILES string of the molecule is CC(C)COc1ccc(C(=O)N(Cc2ccc(N(C)C)cc2)C2CCS(=O)(=O)C2)cc1. The number of anilines is 1. The summed E-state index contributed by atoms with van der Waals surface area (Å²) in [6, 6.07) is 14.8. The Bertz CT molecular complexity index is 983. The molecule has 1 fully saturated rings. The van der Waals surface area contributed by atoms with Gasteiger partial charge in [0.05, 0.1) is 18.1 Å². The Morgan fingerprint density at radius 2 is 1.71 bits per heavy atom. The van der Waals surface area contributed by atoms with Gasteiger partial charge in [0, 0.05) is 37.9 Å². The zero-order valence-electron chi connectivity index (χ0n) is 18.7. The molecule has 0 N–H and O–H groups in total. The van der Waals surface area contributed by atoms with E-state index in [-0.39, 0.29) is 23.5 Å². The van der Waals surface area contributed by atoms with Gasteiger partial charge in [-0.2, -0.15) is 0 Å². The van der Waals surface area contributed by atoms with Gasteiger partial charge in [-0.15, -0.1) is 0 Å². The van der Waals surface area contributed by atoms with Crippen molar-refractivity contribution in [3.05, 3.63) is 59.7 Å². The summed E-state index contributed by atoms with van der Waals surface area (Å²) in [6.07, 6.45) is 0.472. The summed E-state index contributed by atoms with van der Waals surface area (Å²) >= 11 is 0. The molecule has 2 aromatic carbocycles.